The highest BCUT2D eigenvalue weighted by atomic mass is 35.5. The Morgan fingerprint density at radius 3 is 2.44 bits per heavy atom. The van der Waals surface area contributed by atoms with Crippen LogP contribution in [0.3, 0.4) is 0 Å². The van der Waals surface area contributed by atoms with Crippen molar-refractivity contribution in [3.63, 3.8) is 0 Å². The molecule has 6 nitrogen and oxygen atoms in total. The van der Waals surface area contributed by atoms with E-state index in [1.54, 1.807) is 72.8 Å². The number of ether oxygens (including phenoxy) is 2. The molecule has 1 heterocycles. The van der Waals surface area contributed by atoms with Crippen molar-refractivity contribution < 1.29 is 23.9 Å². The third-order valence-corrected chi connectivity index (χ3v) is 6.27. The maximum absolute atomic E-state index is 12.9. The monoisotopic (exact) mass is 513 g/mol. The van der Waals surface area contributed by atoms with E-state index in [4.69, 9.17) is 32.7 Å². The van der Waals surface area contributed by atoms with E-state index >= 15 is 0 Å². The predicted molar refractivity (Wildman–Crippen MR) is 132 cm³/mol. The summed E-state index contributed by atoms with van der Waals surface area (Å²) < 4.78 is 10.8. The zero-order valence-corrected chi connectivity index (χ0v) is 20.1. The molecule has 9 heteroatoms. The average Bonchev–Trinajstić information content (AvgIpc) is 3.07. The molecule has 0 aromatic heterocycles. The molecule has 34 heavy (non-hydrogen) atoms. The maximum Gasteiger partial charge on any atom is 0.343 e. The van der Waals surface area contributed by atoms with E-state index in [2.05, 4.69) is 0 Å². The Balaban J connectivity index is 1.55. The van der Waals surface area contributed by atoms with Crippen LogP contribution < -0.4 is 9.47 Å². The first-order valence-electron chi connectivity index (χ1n) is 9.99. The average molecular weight is 514 g/mol. The van der Waals surface area contributed by atoms with Crippen LogP contribution in [0.4, 0.5) is 4.79 Å². The minimum absolute atomic E-state index is 0.120. The van der Waals surface area contributed by atoms with Crippen LogP contribution in [0.2, 0.25) is 10.0 Å². The van der Waals surface area contributed by atoms with Gasteiger partial charge in [0.2, 0.25) is 0 Å². The van der Waals surface area contributed by atoms with E-state index in [0.29, 0.717) is 26.9 Å². The summed E-state index contributed by atoms with van der Waals surface area (Å²) in [6, 6.07) is 18.2. The van der Waals surface area contributed by atoms with E-state index < -0.39 is 11.9 Å². The Morgan fingerprint density at radius 2 is 1.74 bits per heavy atom. The SMILES string of the molecule is COc1ccc(/C=C2\SC(=O)N(Cc3cccc(Cl)c3)C2=O)cc1OC(=O)c1ccc(Cl)cc1. The number of nitrogens with zero attached hydrogens (tertiary/aromatic N) is 1. The molecule has 1 aliphatic rings. The summed E-state index contributed by atoms with van der Waals surface area (Å²) in [5.41, 5.74) is 1.63. The van der Waals surface area contributed by atoms with Crippen molar-refractivity contribution in [2.75, 3.05) is 7.11 Å². The second kappa shape index (κ2) is 10.3. The zero-order chi connectivity index (χ0) is 24.2. The van der Waals surface area contributed by atoms with Crippen molar-refractivity contribution in [1.82, 2.24) is 4.90 Å². The van der Waals surface area contributed by atoms with E-state index in [1.165, 1.54) is 7.11 Å². The highest BCUT2D eigenvalue weighted by molar-refractivity contribution is 8.18. The Kier molecular flexibility index (Phi) is 7.26. The summed E-state index contributed by atoms with van der Waals surface area (Å²) in [5.74, 6) is -0.484. The van der Waals surface area contributed by atoms with Crippen LogP contribution in [-0.2, 0) is 11.3 Å². The lowest BCUT2D eigenvalue weighted by molar-refractivity contribution is -0.123. The van der Waals surface area contributed by atoms with Gasteiger partial charge in [-0.25, -0.2) is 4.79 Å². The lowest BCUT2D eigenvalue weighted by Crippen LogP contribution is -2.27. The molecular formula is C25H17Cl2NO5S. The van der Waals surface area contributed by atoms with Gasteiger partial charge in [0.1, 0.15) is 0 Å². The molecule has 172 valence electrons. The highest BCUT2D eigenvalue weighted by Crippen LogP contribution is 2.35. The van der Waals surface area contributed by atoms with Crippen molar-refractivity contribution >= 4 is 58.2 Å². The van der Waals surface area contributed by atoms with Crippen LogP contribution in [0.15, 0.2) is 71.6 Å². The summed E-state index contributed by atoms with van der Waals surface area (Å²) in [7, 11) is 1.45. The second-order valence-corrected chi connectivity index (χ2v) is 9.07. The Hall–Kier alpha value is -3.26. The molecule has 2 amide bonds. The molecule has 4 rings (SSSR count). The minimum Gasteiger partial charge on any atom is -0.493 e. The van der Waals surface area contributed by atoms with Crippen molar-refractivity contribution in [1.29, 1.82) is 0 Å². The molecule has 0 spiro atoms. The first-order valence-corrected chi connectivity index (χ1v) is 11.6. The smallest absolute Gasteiger partial charge is 0.343 e. The number of hydrogen-bond acceptors (Lipinski definition) is 6. The molecule has 1 aliphatic heterocycles. The lowest BCUT2D eigenvalue weighted by atomic mass is 10.1. The fourth-order valence-corrected chi connectivity index (χ4v) is 4.39. The summed E-state index contributed by atoms with van der Waals surface area (Å²) in [6.45, 7) is 0.120. The number of esters is 1. The van der Waals surface area contributed by atoms with Gasteiger partial charge in [0.05, 0.1) is 24.1 Å². The lowest BCUT2D eigenvalue weighted by Gasteiger charge is -2.12. The topological polar surface area (TPSA) is 72.9 Å². The minimum atomic E-state index is -0.589. The van der Waals surface area contributed by atoms with Gasteiger partial charge in [-0.15, -0.1) is 0 Å². The highest BCUT2D eigenvalue weighted by Gasteiger charge is 2.35. The van der Waals surface area contributed by atoms with Gasteiger partial charge in [-0.3, -0.25) is 14.5 Å². The van der Waals surface area contributed by atoms with Crippen LogP contribution in [0, 0.1) is 0 Å². The molecule has 3 aromatic carbocycles. The van der Waals surface area contributed by atoms with E-state index in [-0.39, 0.29) is 22.4 Å². The fourth-order valence-electron chi connectivity index (χ4n) is 3.21. The normalized spacial score (nSPS) is 14.6. The molecule has 0 N–H and O–H groups in total. The van der Waals surface area contributed by atoms with E-state index in [0.717, 1.165) is 22.2 Å². The number of imide groups is 1. The number of thioether (sulfide) groups is 1. The van der Waals surface area contributed by atoms with E-state index in [9.17, 15) is 14.4 Å². The number of methoxy groups -OCH3 is 1. The zero-order valence-electron chi connectivity index (χ0n) is 17.8. The maximum atomic E-state index is 12.9. The van der Waals surface area contributed by atoms with Crippen molar-refractivity contribution in [2.45, 2.75) is 6.54 Å². The van der Waals surface area contributed by atoms with Crippen LogP contribution in [-0.4, -0.2) is 29.1 Å². The van der Waals surface area contributed by atoms with Gasteiger partial charge >= 0.3 is 5.97 Å². The van der Waals surface area contributed by atoms with Gasteiger partial charge < -0.3 is 9.47 Å². The number of benzene rings is 3. The number of carbonyl (C=O) groups excluding carboxylic acids is 3. The van der Waals surface area contributed by atoms with Gasteiger partial charge in [-0.2, -0.15) is 0 Å². The first kappa shape index (κ1) is 23.9. The van der Waals surface area contributed by atoms with Crippen molar-refractivity contribution in [3.8, 4) is 11.5 Å². The predicted octanol–water partition coefficient (Wildman–Crippen LogP) is 6.46. The largest absolute Gasteiger partial charge is 0.493 e. The molecule has 3 aromatic rings. The number of carbonyl (C=O) groups is 3. The third kappa shape index (κ3) is 5.44. The Morgan fingerprint density at radius 1 is 0.971 bits per heavy atom. The quantitative estimate of drug-likeness (QED) is 0.214. The second-order valence-electron chi connectivity index (χ2n) is 7.20. The number of hydrogen-bond donors (Lipinski definition) is 0. The van der Waals surface area contributed by atoms with Gasteiger partial charge in [0, 0.05) is 10.0 Å². The van der Waals surface area contributed by atoms with Gasteiger partial charge in [-0.1, -0.05) is 41.4 Å². The van der Waals surface area contributed by atoms with Crippen LogP contribution in [0.25, 0.3) is 6.08 Å². The summed E-state index contributed by atoms with van der Waals surface area (Å²) in [4.78, 5) is 39.3. The van der Waals surface area contributed by atoms with Crippen molar-refractivity contribution in [3.05, 3.63) is 98.4 Å². The third-order valence-electron chi connectivity index (χ3n) is 4.87. The molecule has 0 aliphatic carbocycles. The summed E-state index contributed by atoms with van der Waals surface area (Å²) in [6.07, 6.45) is 1.57. The first-order chi connectivity index (χ1) is 16.3. The molecule has 0 bridgehead atoms. The molecular weight excluding hydrogens is 497 g/mol. The van der Waals surface area contributed by atoms with E-state index in [1.807, 2.05) is 0 Å². The van der Waals surface area contributed by atoms with Gasteiger partial charge in [-0.05, 0) is 77.5 Å². The van der Waals surface area contributed by atoms with Crippen LogP contribution in [0.1, 0.15) is 21.5 Å². The van der Waals surface area contributed by atoms with Crippen molar-refractivity contribution in [2.24, 2.45) is 0 Å². The number of amides is 2. The molecule has 0 saturated carbocycles. The summed E-state index contributed by atoms with van der Waals surface area (Å²) >= 11 is 12.7. The number of halogens is 2. The Bertz CT molecular complexity index is 1310. The molecule has 1 fully saturated rings. The molecule has 0 atom stereocenters. The molecule has 0 radical (unpaired) electrons. The van der Waals surface area contributed by atoms with Gasteiger partial charge in [0.25, 0.3) is 11.1 Å². The molecule has 0 unspecified atom stereocenters. The molecule has 1 saturated heterocycles. The number of rotatable bonds is 6. The summed E-state index contributed by atoms with van der Waals surface area (Å²) in [5, 5.41) is 0.651. The van der Waals surface area contributed by atoms with Crippen LogP contribution >= 0.6 is 35.0 Å². The fraction of sp³-hybridized carbons (Fsp3) is 0.0800. The Labute approximate surface area is 210 Å². The van der Waals surface area contributed by atoms with Crippen LogP contribution in [0.5, 0.6) is 11.5 Å². The van der Waals surface area contributed by atoms with Gasteiger partial charge in [0.15, 0.2) is 11.5 Å². The standard InChI is InChI=1S/C25H17Cl2NO5S/c1-32-20-10-5-15(12-21(20)33-24(30)17-6-8-18(26)9-7-17)13-22-23(29)28(25(31)34-22)14-16-3-2-4-19(27)11-16/h2-13H,14H2,1H3/b22-13-.